The summed E-state index contributed by atoms with van der Waals surface area (Å²) in [6.07, 6.45) is 2.45. The molecule has 34 heavy (non-hydrogen) atoms. The molecule has 0 saturated carbocycles. The number of hydrogen-bond donors (Lipinski definition) is 1. The van der Waals surface area contributed by atoms with Gasteiger partial charge in [0.2, 0.25) is 5.91 Å². The van der Waals surface area contributed by atoms with Gasteiger partial charge in [-0.3, -0.25) is 19.3 Å². The van der Waals surface area contributed by atoms with E-state index in [2.05, 4.69) is 5.32 Å². The summed E-state index contributed by atoms with van der Waals surface area (Å²) in [4.78, 5) is 38.9. The Bertz CT molecular complexity index is 1150. The maximum absolute atomic E-state index is 12.8. The van der Waals surface area contributed by atoms with E-state index in [1.54, 1.807) is 42.5 Å². The second-order valence-electron chi connectivity index (χ2n) is 7.43. The molecular weight excluding hydrogens is 460 g/mol. The van der Waals surface area contributed by atoms with E-state index in [0.29, 0.717) is 54.1 Å². The van der Waals surface area contributed by atoms with Crippen LogP contribution in [0.1, 0.15) is 18.9 Å². The molecule has 2 aromatic carbocycles. The molecular formula is C24H24N2O7S. The smallest absolute Gasteiger partial charge is 0.294 e. The molecule has 178 valence electrons. The van der Waals surface area contributed by atoms with Crippen LogP contribution < -0.4 is 24.3 Å². The summed E-state index contributed by atoms with van der Waals surface area (Å²) in [5.74, 6) is 1.23. The number of carbonyl (C=O) groups is 3. The summed E-state index contributed by atoms with van der Waals surface area (Å²) in [6.45, 7) is 3.06. The summed E-state index contributed by atoms with van der Waals surface area (Å²) < 4.78 is 22.0. The minimum absolute atomic E-state index is 0.224. The lowest BCUT2D eigenvalue weighted by molar-refractivity contribution is -0.127. The number of benzene rings is 2. The van der Waals surface area contributed by atoms with Crippen LogP contribution in [0.5, 0.6) is 23.0 Å². The van der Waals surface area contributed by atoms with Gasteiger partial charge in [-0.1, -0.05) is 13.0 Å². The fourth-order valence-electron chi connectivity index (χ4n) is 3.36. The van der Waals surface area contributed by atoms with Crippen LogP contribution in [0.25, 0.3) is 6.08 Å². The lowest BCUT2D eigenvalue weighted by Crippen LogP contribution is -2.36. The van der Waals surface area contributed by atoms with Crippen molar-refractivity contribution in [1.29, 1.82) is 0 Å². The van der Waals surface area contributed by atoms with Gasteiger partial charge in [0.15, 0.2) is 23.0 Å². The van der Waals surface area contributed by atoms with Crippen LogP contribution in [0.3, 0.4) is 0 Å². The topological polar surface area (TPSA) is 103 Å². The Morgan fingerprint density at radius 1 is 1.12 bits per heavy atom. The van der Waals surface area contributed by atoms with E-state index in [1.807, 2.05) is 6.92 Å². The molecule has 2 heterocycles. The van der Waals surface area contributed by atoms with Crippen molar-refractivity contribution in [2.24, 2.45) is 0 Å². The zero-order valence-corrected chi connectivity index (χ0v) is 19.6. The van der Waals surface area contributed by atoms with Crippen LogP contribution in [0.2, 0.25) is 0 Å². The molecule has 0 unspecified atom stereocenters. The summed E-state index contributed by atoms with van der Waals surface area (Å²) in [5, 5.41) is 2.17. The highest BCUT2D eigenvalue weighted by Gasteiger charge is 2.36. The van der Waals surface area contributed by atoms with E-state index < -0.39 is 23.6 Å². The average Bonchev–Trinajstić information content (AvgIpc) is 3.10. The number of amides is 3. The third-order valence-corrected chi connectivity index (χ3v) is 5.86. The van der Waals surface area contributed by atoms with Gasteiger partial charge in [0, 0.05) is 11.8 Å². The van der Waals surface area contributed by atoms with Crippen LogP contribution in [0.15, 0.2) is 41.3 Å². The number of fused-ring (bicyclic) bond motifs is 1. The molecule has 2 aromatic rings. The summed E-state index contributed by atoms with van der Waals surface area (Å²) >= 11 is 0.785. The quantitative estimate of drug-likeness (QED) is 0.562. The van der Waals surface area contributed by atoms with Crippen molar-refractivity contribution in [3.05, 3.63) is 46.9 Å². The summed E-state index contributed by atoms with van der Waals surface area (Å²) in [7, 11) is 1.53. The Labute approximate surface area is 201 Å². The van der Waals surface area contributed by atoms with E-state index in [0.717, 1.165) is 23.1 Å². The molecule has 3 amide bonds. The molecule has 10 heteroatoms. The molecule has 0 radical (unpaired) electrons. The number of nitrogens with one attached hydrogen (secondary N) is 1. The van der Waals surface area contributed by atoms with Crippen LogP contribution in [0, 0.1) is 0 Å². The largest absolute Gasteiger partial charge is 0.493 e. The number of rotatable bonds is 8. The highest BCUT2D eigenvalue weighted by atomic mass is 32.2. The molecule has 9 nitrogen and oxygen atoms in total. The molecule has 0 atom stereocenters. The molecule has 2 aliphatic rings. The Hall–Kier alpha value is -3.66. The second-order valence-corrected chi connectivity index (χ2v) is 8.43. The first-order chi connectivity index (χ1) is 16.5. The number of nitrogens with zero attached hydrogens (tertiary/aromatic N) is 1. The van der Waals surface area contributed by atoms with Crippen molar-refractivity contribution in [1.82, 2.24) is 4.90 Å². The fraction of sp³-hybridized carbons (Fsp3) is 0.292. The minimum Gasteiger partial charge on any atom is -0.493 e. The van der Waals surface area contributed by atoms with Gasteiger partial charge in [-0.15, -0.1) is 0 Å². The van der Waals surface area contributed by atoms with Crippen molar-refractivity contribution in [2.45, 2.75) is 13.3 Å². The Balaban J connectivity index is 1.42. The van der Waals surface area contributed by atoms with Crippen LogP contribution in [0.4, 0.5) is 10.5 Å². The zero-order valence-electron chi connectivity index (χ0n) is 18.8. The lowest BCUT2D eigenvalue weighted by Gasteiger charge is -2.19. The third-order valence-electron chi connectivity index (χ3n) is 4.95. The molecule has 0 aliphatic carbocycles. The van der Waals surface area contributed by atoms with Gasteiger partial charge in [0.1, 0.15) is 19.8 Å². The van der Waals surface area contributed by atoms with Crippen molar-refractivity contribution in [2.75, 3.05) is 38.8 Å². The maximum Gasteiger partial charge on any atom is 0.294 e. The number of thioether (sulfide) groups is 1. The van der Waals surface area contributed by atoms with Crippen molar-refractivity contribution in [3.63, 3.8) is 0 Å². The Kier molecular flexibility index (Phi) is 7.27. The van der Waals surface area contributed by atoms with E-state index >= 15 is 0 Å². The van der Waals surface area contributed by atoms with E-state index in [-0.39, 0.29) is 4.91 Å². The van der Waals surface area contributed by atoms with Gasteiger partial charge in [0.05, 0.1) is 18.6 Å². The first-order valence-corrected chi connectivity index (χ1v) is 11.6. The summed E-state index contributed by atoms with van der Waals surface area (Å²) in [6, 6.07) is 10.3. The molecule has 0 spiro atoms. The molecule has 0 aromatic heterocycles. The third kappa shape index (κ3) is 5.28. The van der Waals surface area contributed by atoms with E-state index in [1.165, 1.54) is 7.11 Å². The number of carbonyl (C=O) groups excluding carboxylic acids is 3. The van der Waals surface area contributed by atoms with Crippen molar-refractivity contribution in [3.8, 4) is 23.0 Å². The zero-order chi connectivity index (χ0) is 24.1. The number of hydrogen-bond acceptors (Lipinski definition) is 8. The number of methoxy groups -OCH3 is 1. The van der Waals surface area contributed by atoms with Gasteiger partial charge in [-0.05, 0) is 54.1 Å². The monoisotopic (exact) mass is 484 g/mol. The predicted molar refractivity (Wildman–Crippen MR) is 128 cm³/mol. The Morgan fingerprint density at radius 2 is 1.91 bits per heavy atom. The SMILES string of the molecule is CCCOc1ccc(/C=C2\SC(=O)N(CC(=O)Nc3ccc4c(c3)OCCO4)C2=O)cc1OC. The van der Waals surface area contributed by atoms with Crippen molar-refractivity contribution >= 4 is 40.6 Å². The standard InChI is InChI=1S/C24H24N2O7S/c1-3-8-31-17-6-4-15(11-19(17)30-2)12-21-23(28)26(24(29)34-21)14-22(27)25-16-5-7-18-20(13-16)33-10-9-32-18/h4-7,11-13H,3,8-10,14H2,1-2H3,(H,25,27)/b21-12-. The number of imide groups is 1. The average molecular weight is 485 g/mol. The molecule has 4 rings (SSSR count). The molecule has 1 saturated heterocycles. The number of anilines is 1. The normalized spacial score (nSPS) is 16.1. The lowest BCUT2D eigenvalue weighted by atomic mass is 10.2. The molecule has 1 N–H and O–H groups in total. The van der Waals surface area contributed by atoms with E-state index in [9.17, 15) is 14.4 Å². The van der Waals surface area contributed by atoms with Gasteiger partial charge in [0.25, 0.3) is 11.1 Å². The molecule has 1 fully saturated rings. The Morgan fingerprint density at radius 3 is 2.68 bits per heavy atom. The van der Waals surface area contributed by atoms with Crippen LogP contribution >= 0.6 is 11.8 Å². The van der Waals surface area contributed by atoms with Gasteiger partial charge in [-0.25, -0.2) is 0 Å². The van der Waals surface area contributed by atoms with E-state index in [4.69, 9.17) is 18.9 Å². The highest BCUT2D eigenvalue weighted by Crippen LogP contribution is 2.35. The van der Waals surface area contributed by atoms with Gasteiger partial charge in [-0.2, -0.15) is 0 Å². The number of ether oxygens (including phenoxy) is 4. The van der Waals surface area contributed by atoms with Crippen LogP contribution in [-0.2, 0) is 9.59 Å². The van der Waals surface area contributed by atoms with Crippen LogP contribution in [-0.4, -0.2) is 55.4 Å². The second kappa shape index (κ2) is 10.5. The highest BCUT2D eigenvalue weighted by molar-refractivity contribution is 8.18. The maximum atomic E-state index is 12.8. The van der Waals surface area contributed by atoms with Gasteiger partial charge < -0.3 is 24.3 Å². The molecule has 0 bridgehead atoms. The predicted octanol–water partition coefficient (Wildman–Crippen LogP) is 3.93. The fourth-order valence-corrected chi connectivity index (χ4v) is 4.20. The first kappa shape index (κ1) is 23.5. The van der Waals surface area contributed by atoms with Gasteiger partial charge >= 0.3 is 0 Å². The minimum atomic E-state index is -0.530. The first-order valence-electron chi connectivity index (χ1n) is 10.7. The summed E-state index contributed by atoms with van der Waals surface area (Å²) in [5.41, 5.74) is 1.15. The molecule has 2 aliphatic heterocycles. The van der Waals surface area contributed by atoms with Crippen molar-refractivity contribution < 1.29 is 33.3 Å².